The van der Waals surface area contributed by atoms with Gasteiger partial charge in [-0.2, -0.15) is 13.2 Å². The van der Waals surface area contributed by atoms with Crippen LogP contribution in [0.4, 0.5) is 13.2 Å². The van der Waals surface area contributed by atoms with E-state index in [2.05, 4.69) is 19.9 Å². The molecular weight excluding hydrogens is 409 g/mol. The van der Waals surface area contributed by atoms with E-state index < -0.39 is 12.0 Å². The van der Waals surface area contributed by atoms with Crippen molar-refractivity contribution in [2.75, 3.05) is 20.8 Å². The highest BCUT2D eigenvalue weighted by Gasteiger charge is 2.35. The molecule has 0 saturated carbocycles. The molecule has 6 nitrogen and oxygen atoms in total. The minimum atomic E-state index is -4.52. The van der Waals surface area contributed by atoms with Crippen LogP contribution in [0, 0.1) is 0 Å². The van der Waals surface area contributed by atoms with Gasteiger partial charge < -0.3 is 9.47 Å². The molecule has 0 saturated heterocycles. The van der Waals surface area contributed by atoms with E-state index in [4.69, 9.17) is 9.47 Å². The summed E-state index contributed by atoms with van der Waals surface area (Å²) in [5, 5.41) is 0. The molecule has 4 rings (SSSR count). The van der Waals surface area contributed by atoms with Crippen molar-refractivity contribution in [3.63, 3.8) is 0 Å². The number of methoxy groups -OCH3 is 2. The van der Waals surface area contributed by atoms with Crippen molar-refractivity contribution < 1.29 is 22.6 Å². The first kappa shape index (κ1) is 21.0. The third-order valence-corrected chi connectivity index (χ3v) is 5.18. The highest BCUT2D eigenvalue weighted by atomic mass is 19.4. The first-order valence-electron chi connectivity index (χ1n) is 9.69. The zero-order chi connectivity index (χ0) is 22.0. The Morgan fingerprint density at radius 3 is 2.55 bits per heavy atom. The van der Waals surface area contributed by atoms with Crippen LogP contribution in [0.25, 0.3) is 11.3 Å². The molecule has 0 amide bonds. The molecule has 9 heteroatoms. The Morgan fingerprint density at radius 1 is 1.03 bits per heavy atom. The van der Waals surface area contributed by atoms with Gasteiger partial charge in [0.1, 0.15) is 11.5 Å². The molecule has 162 valence electrons. The first-order valence-corrected chi connectivity index (χ1v) is 9.69. The van der Waals surface area contributed by atoms with Crippen molar-refractivity contribution >= 4 is 0 Å². The topological polar surface area (TPSA) is 60.4 Å². The summed E-state index contributed by atoms with van der Waals surface area (Å²) in [6.07, 6.45) is -0.987. The second-order valence-corrected chi connectivity index (χ2v) is 7.24. The highest BCUT2D eigenvalue weighted by molar-refractivity contribution is 5.69. The molecule has 3 aromatic rings. The van der Waals surface area contributed by atoms with E-state index in [0.29, 0.717) is 43.2 Å². The van der Waals surface area contributed by atoms with Crippen LogP contribution in [0.1, 0.15) is 22.6 Å². The molecule has 0 aliphatic carbocycles. The number of alkyl halides is 3. The number of halogens is 3. The van der Waals surface area contributed by atoms with Gasteiger partial charge in [-0.15, -0.1) is 0 Å². The van der Waals surface area contributed by atoms with Gasteiger partial charge in [-0.1, -0.05) is 6.07 Å². The number of fused-ring (bicyclic) bond motifs is 1. The molecule has 0 unspecified atom stereocenters. The number of rotatable bonds is 5. The number of hydrogen-bond donors (Lipinski definition) is 0. The first-order chi connectivity index (χ1) is 14.9. The lowest BCUT2D eigenvalue weighted by atomic mass is 10.1. The van der Waals surface area contributed by atoms with E-state index in [-0.39, 0.29) is 0 Å². The van der Waals surface area contributed by atoms with Crippen LogP contribution in [0.5, 0.6) is 11.5 Å². The predicted octanol–water partition coefficient (Wildman–Crippen LogP) is 4.13. The standard InChI is InChI=1S/C22H21F3N4O2/c1-30-16-4-6-20(31-2)17(9-16)19-5-3-14(10-26-19)12-29-8-7-18-15(13-29)11-27-21(28-18)22(23,24)25/h3-6,9-11H,7-8,12-13H2,1-2H3. The SMILES string of the molecule is COc1ccc(OC)c(-c2ccc(CN3CCc4nc(C(F)(F)F)ncc4C3)cn2)c1. The van der Waals surface area contributed by atoms with Crippen LogP contribution >= 0.6 is 0 Å². The molecule has 3 heterocycles. The summed E-state index contributed by atoms with van der Waals surface area (Å²) in [4.78, 5) is 13.9. The van der Waals surface area contributed by atoms with E-state index in [9.17, 15) is 13.2 Å². The summed E-state index contributed by atoms with van der Waals surface area (Å²) in [7, 11) is 3.21. The van der Waals surface area contributed by atoms with E-state index in [1.54, 1.807) is 20.4 Å². The summed E-state index contributed by atoms with van der Waals surface area (Å²) in [6.45, 7) is 1.74. The van der Waals surface area contributed by atoms with Gasteiger partial charge in [-0.3, -0.25) is 9.88 Å². The number of hydrogen-bond acceptors (Lipinski definition) is 6. The molecule has 31 heavy (non-hydrogen) atoms. The third-order valence-electron chi connectivity index (χ3n) is 5.18. The number of pyridine rings is 1. The van der Waals surface area contributed by atoms with Crippen molar-refractivity contribution in [1.29, 1.82) is 0 Å². The van der Waals surface area contributed by atoms with E-state index in [0.717, 1.165) is 22.4 Å². The fourth-order valence-electron chi connectivity index (χ4n) is 3.60. The molecule has 0 atom stereocenters. The van der Waals surface area contributed by atoms with Crippen molar-refractivity contribution in [1.82, 2.24) is 19.9 Å². The van der Waals surface area contributed by atoms with Gasteiger partial charge in [-0.25, -0.2) is 9.97 Å². The maximum Gasteiger partial charge on any atom is 0.451 e. The molecule has 0 spiro atoms. The summed E-state index contributed by atoms with van der Waals surface area (Å²) in [6, 6.07) is 9.44. The van der Waals surface area contributed by atoms with Crippen LogP contribution in [0.2, 0.25) is 0 Å². The average molecular weight is 430 g/mol. The lowest BCUT2D eigenvalue weighted by molar-refractivity contribution is -0.145. The van der Waals surface area contributed by atoms with Crippen molar-refractivity contribution in [3.05, 3.63) is 65.4 Å². The molecule has 0 fully saturated rings. The Bertz CT molecular complexity index is 1070. The van der Waals surface area contributed by atoms with Crippen molar-refractivity contribution in [2.24, 2.45) is 0 Å². The minimum absolute atomic E-state index is 0.452. The molecule has 1 aliphatic rings. The normalized spacial score (nSPS) is 14.2. The molecule has 2 aromatic heterocycles. The van der Waals surface area contributed by atoms with E-state index in [1.807, 2.05) is 30.3 Å². The van der Waals surface area contributed by atoms with Gasteiger partial charge in [0, 0.05) is 49.6 Å². The summed E-state index contributed by atoms with van der Waals surface area (Å²) >= 11 is 0. The van der Waals surface area contributed by atoms with Gasteiger partial charge in [-0.05, 0) is 29.8 Å². The maximum atomic E-state index is 12.8. The predicted molar refractivity (Wildman–Crippen MR) is 108 cm³/mol. The van der Waals surface area contributed by atoms with Crippen LogP contribution in [-0.4, -0.2) is 40.6 Å². The fraction of sp³-hybridized carbons (Fsp3) is 0.318. The van der Waals surface area contributed by atoms with Crippen molar-refractivity contribution in [2.45, 2.75) is 25.7 Å². The Hall–Kier alpha value is -3.20. The molecule has 0 radical (unpaired) electrons. The van der Waals surface area contributed by atoms with Crippen LogP contribution < -0.4 is 9.47 Å². The van der Waals surface area contributed by atoms with Gasteiger partial charge >= 0.3 is 6.18 Å². The van der Waals surface area contributed by atoms with Crippen LogP contribution in [-0.2, 0) is 25.7 Å². The molecule has 1 aliphatic heterocycles. The molecular formula is C22H21F3N4O2. The second-order valence-electron chi connectivity index (χ2n) is 7.24. The monoisotopic (exact) mass is 430 g/mol. The highest BCUT2D eigenvalue weighted by Crippen LogP contribution is 2.32. The Kier molecular flexibility index (Phi) is 5.77. The fourth-order valence-corrected chi connectivity index (χ4v) is 3.60. The van der Waals surface area contributed by atoms with Gasteiger partial charge in [0.15, 0.2) is 0 Å². The maximum absolute atomic E-state index is 12.8. The Balaban J connectivity index is 1.47. The number of nitrogens with zero attached hydrogens (tertiary/aromatic N) is 4. The zero-order valence-corrected chi connectivity index (χ0v) is 17.1. The lowest BCUT2D eigenvalue weighted by Crippen LogP contribution is -2.31. The smallest absolute Gasteiger partial charge is 0.451 e. The van der Waals surface area contributed by atoms with E-state index >= 15 is 0 Å². The van der Waals surface area contributed by atoms with Crippen molar-refractivity contribution in [3.8, 4) is 22.8 Å². The third kappa shape index (κ3) is 4.61. The van der Waals surface area contributed by atoms with E-state index in [1.165, 1.54) is 6.20 Å². The van der Waals surface area contributed by atoms with Crippen LogP contribution in [0.3, 0.4) is 0 Å². The van der Waals surface area contributed by atoms with Crippen LogP contribution in [0.15, 0.2) is 42.7 Å². The zero-order valence-electron chi connectivity index (χ0n) is 17.1. The minimum Gasteiger partial charge on any atom is -0.497 e. The molecule has 0 bridgehead atoms. The summed E-state index contributed by atoms with van der Waals surface area (Å²) < 4.78 is 49.2. The second kappa shape index (κ2) is 8.50. The number of aromatic nitrogens is 3. The molecule has 0 N–H and O–H groups in total. The summed E-state index contributed by atoms with van der Waals surface area (Å²) in [5.74, 6) is 0.337. The average Bonchev–Trinajstić information content (AvgIpc) is 2.78. The Morgan fingerprint density at radius 2 is 1.87 bits per heavy atom. The quantitative estimate of drug-likeness (QED) is 0.607. The number of benzene rings is 1. The number of ether oxygens (including phenoxy) is 2. The lowest BCUT2D eigenvalue weighted by Gasteiger charge is -2.28. The largest absolute Gasteiger partial charge is 0.497 e. The molecule has 1 aromatic carbocycles. The van der Waals surface area contributed by atoms with Gasteiger partial charge in [0.2, 0.25) is 5.82 Å². The Labute approximate surface area is 177 Å². The summed E-state index contributed by atoms with van der Waals surface area (Å²) in [5.41, 5.74) is 3.79. The van der Waals surface area contributed by atoms with Gasteiger partial charge in [0.05, 0.1) is 25.6 Å². The van der Waals surface area contributed by atoms with Gasteiger partial charge in [0.25, 0.3) is 0 Å².